The highest BCUT2D eigenvalue weighted by Gasteiger charge is 2.35. The summed E-state index contributed by atoms with van der Waals surface area (Å²) in [4.78, 5) is 29.9. The van der Waals surface area contributed by atoms with Crippen LogP contribution in [0.3, 0.4) is 0 Å². The molecule has 0 heterocycles. The molecule has 8 nitrogen and oxygen atoms in total. The fraction of sp³-hybridized carbons (Fsp3) is 0.278. The molecule has 1 atom stereocenters. The molecule has 0 saturated heterocycles. The van der Waals surface area contributed by atoms with Crippen molar-refractivity contribution >= 4 is 39.1 Å². The summed E-state index contributed by atoms with van der Waals surface area (Å²) in [5.41, 5.74) is 2.57. The van der Waals surface area contributed by atoms with E-state index in [0.29, 0.717) is 17.1 Å². The number of halogens is 1. The molecule has 0 aliphatic heterocycles. The van der Waals surface area contributed by atoms with Gasteiger partial charge in [-0.15, -0.1) is 0 Å². The van der Waals surface area contributed by atoms with Gasteiger partial charge in [-0.2, -0.15) is 0 Å². The van der Waals surface area contributed by atoms with Gasteiger partial charge in [0.05, 0.1) is 17.7 Å². The Hall–Kier alpha value is -4.34. The fourth-order valence-corrected chi connectivity index (χ4v) is 6.68. The first kappa shape index (κ1) is 34.5. The van der Waals surface area contributed by atoms with Gasteiger partial charge < -0.3 is 15.0 Å². The van der Waals surface area contributed by atoms with E-state index in [1.54, 1.807) is 60.7 Å². The zero-order valence-electron chi connectivity index (χ0n) is 26.4. The molecule has 4 aromatic rings. The average molecular weight is 662 g/mol. The number of nitrogens with zero attached hydrogens (tertiary/aromatic N) is 2. The molecule has 0 bridgehead atoms. The van der Waals surface area contributed by atoms with E-state index in [0.717, 1.165) is 28.3 Å². The summed E-state index contributed by atoms with van der Waals surface area (Å²) >= 11 is 6.57. The fourth-order valence-electron chi connectivity index (χ4n) is 5.06. The van der Waals surface area contributed by atoms with Gasteiger partial charge in [0.2, 0.25) is 11.8 Å². The highest BCUT2D eigenvalue weighted by atomic mass is 35.5. The Morgan fingerprint density at radius 3 is 2.22 bits per heavy atom. The SMILES string of the molecule is CCCCNC(=O)C(Cc1ccccc1)N(Cc1ccccc1Cl)C(=O)CN(c1ccccc1OC)S(=O)(=O)c1ccc(C)cc1. The van der Waals surface area contributed by atoms with Crippen molar-refractivity contribution in [1.29, 1.82) is 0 Å². The van der Waals surface area contributed by atoms with Gasteiger partial charge in [-0.25, -0.2) is 8.42 Å². The summed E-state index contributed by atoms with van der Waals surface area (Å²) in [6.07, 6.45) is 1.88. The van der Waals surface area contributed by atoms with E-state index < -0.39 is 28.5 Å². The molecule has 0 aromatic heterocycles. The number of hydrogen-bond donors (Lipinski definition) is 1. The minimum atomic E-state index is -4.26. The van der Waals surface area contributed by atoms with Crippen molar-refractivity contribution in [3.05, 3.63) is 125 Å². The number of hydrogen-bond acceptors (Lipinski definition) is 5. The first-order valence-electron chi connectivity index (χ1n) is 15.2. The predicted octanol–water partition coefficient (Wildman–Crippen LogP) is 6.41. The largest absolute Gasteiger partial charge is 0.495 e. The number of aryl methyl sites for hydroxylation is 1. The molecule has 1 unspecified atom stereocenters. The van der Waals surface area contributed by atoms with E-state index in [4.69, 9.17) is 16.3 Å². The van der Waals surface area contributed by atoms with Gasteiger partial charge in [0, 0.05) is 24.5 Å². The third-order valence-electron chi connectivity index (χ3n) is 7.64. The number of methoxy groups -OCH3 is 1. The third kappa shape index (κ3) is 8.68. The molecule has 0 radical (unpaired) electrons. The molecule has 242 valence electrons. The van der Waals surface area contributed by atoms with E-state index >= 15 is 0 Å². The minimum absolute atomic E-state index is 0.0124. The lowest BCUT2D eigenvalue weighted by Crippen LogP contribution is -2.53. The molecule has 2 amide bonds. The van der Waals surface area contributed by atoms with Crippen molar-refractivity contribution in [2.45, 2.75) is 50.6 Å². The first-order chi connectivity index (χ1) is 22.1. The normalized spacial score (nSPS) is 11.8. The summed E-state index contributed by atoms with van der Waals surface area (Å²) in [5, 5.41) is 3.42. The summed E-state index contributed by atoms with van der Waals surface area (Å²) in [5.74, 6) is -0.627. The van der Waals surface area contributed by atoms with Gasteiger partial charge in [0.25, 0.3) is 10.0 Å². The van der Waals surface area contributed by atoms with Gasteiger partial charge in [-0.05, 0) is 54.8 Å². The molecule has 4 aromatic carbocycles. The summed E-state index contributed by atoms with van der Waals surface area (Å²) in [6, 6.07) is 28.6. The number of nitrogens with one attached hydrogen (secondary N) is 1. The lowest BCUT2D eigenvalue weighted by Gasteiger charge is -2.34. The van der Waals surface area contributed by atoms with Gasteiger partial charge in [-0.1, -0.05) is 103 Å². The van der Waals surface area contributed by atoms with Crippen molar-refractivity contribution in [1.82, 2.24) is 10.2 Å². The number of amides is 2. The number of anilines is 1. The molecule has 0 aliphatic rings. The Morgan fingerprint density at radius 2 is 1.54 bits per heavy atom. The zero-order chi connectivity index (χ0) is 33.1. The van der Waals surface area contributed by atoms with Gasteiger partial charge in [0.1, 0.15) is 18.3 Å². The molecule has 0 saturated carbocycles. The Bertz CT molecular complexity index is 1720. The molecular formula is C36H40ClN3O5S. The van der Waals surface area contributed by atoms with Crippen LogP contribution >= 0.6 is 11.6 Å². The van der Waals surface area contributed by atoms with Crippen molar-refractivity contribution in [3.8, 4) is 5.75 Å². The van der Waals surface area contributed by atoms with Crippen LogP contribution in [0.4, 0.5) is 5.69 Å². The maximum Gasteiger partial charge on any atom is 0.264 e. The zero-order valence-corrected chi connectivity index (χ0v) is 27.9. The van der Waals surface area contributed by atoms with Crippen LogP contribution in [0.2, 0.25) is 5.02 Å². The van der Waals surface area contributed by atoms with E-state index in [-0.39, 0.29) is 35.2 Å². The number of rotatable bonds is 15. The smallest absolute Gasteiger partial charge is 0.264 e. The first-order valence-corrected chi connectivity index (χ1v) is 17.0. The quantitative estimate of drug-likeness (QED) is 0.149. The lowest BCUT2D eigenvalue weighted by molar-refractivity contribution is -0.140. The van der Waals surface area contributed by atoms with Gasteiger partial charge in [0.15, 0.2) is 0 Å². The third-order valence-corrected chi connectivity index (χ3v) is 9.78. The van der Waals surface area contributed by atoms with Crippen LogP contribution in [-0.4, -0.2) is 51.4 Å². The molecule has 0 aliphatic carbocycles. The van der Waals surface area contributed by atoms with Crippen LogP contribution in [0.5, 0.6) is 5.75 Å². The monoisotopic (exact) mass is 661 g/mol. The maximum absolute atomic E-state index is 14.6. The average Bonchev–Trinajstić information content (AvgIpc) is 3.06. The molecule has 0 fully saturated rings. The summed E-state index contributed by atoms with van der Waals surface area (Å²) in [6.45, 7) is 3.74. The van der Waals surface area contributed by atoms with Crippen LogP contribution in [0, 0.1) is 6.92 Å². The highest BCUT2D eigenvalue weighted by molar-refractivity contribution is 7.92. The number of carbonyl (C=O) groups excluding carboxylic acids is 2. The van der Waals surface area contributed by atoms with Gasteiger partial charge in [-0.3, -0.25) is 13.9 Å². The van der Waals surface area contributed by atoms with Crippen molar-refractivity contribution in [3.63, 3.8) is 0 Å². The summed E-state index contributed by atoms with van der Waals surface area (Å²) < 4.78 is 35.1. The summed E-state index contributed by atoms with van der Waals surface area (Å²) in [7, 11) is -2.81. The van der Waals surface area contributed by atoms with Crippen molar-refractivity contribution in [2.24, 2.45) is 0 Å². The number of ether oxygens (including phenoxy) is 1. The van der Waals surface area contributed by atoms with Crippen LogP contribution < -0.4 is 14.4 Å². The van der Waals surface area contributed by atoms with Crippen molar-refractivity contribution in [2.75, 3.05) is 24.5 Å². The topological polar surface area (TPSA) is 96.0 Å². The number of benzene rings is 4. The standard InChI is InChI=1S/C36H40ClN3O5S/c1-4-5-23-38-36(42)33(24-28-13-7-6-8-14-28)39(25-29-15-9-10-16-31(29)37)35(41)26-40(32-17-11-12-18-34(32)45-3)46(43,44)30-21-19-27(2)20-22-30/h6-22,33H,4-5,23-26H2,1-3H3,(H,38,42). The second-order valence-corrected chi connectivity index (χ2v) is 13.2. The predicted molar refractivity (Wildman–Crippen MR) is 183 cm³/mol. The number of sulfonamides is 1. The Labute approximate surface area is 277 Å². The number of carbonyl (C=O) groups is 2. The van der Waals surface area contributed by atoms with E-state index in [1.807, 2.05) is 44.2 Å². The number of para-hydroxylation sites is 2. The van der Waals surface area contributed by atoms with E-state index in [1.165, 1.54) is 24.1 Å². The molecule has 10 heteroatoms. The van der Waals surface area contributed by atoms with E-state index in [2.05, 4.69) is 5.32 Å². The molecule has 46 heavy (non-hydrogen) atoms. The van der Waals surface area contributed by atoms with Gasteiger partial charge >= 0.3 is 0 Å². The lowest BCUT2D eigenvalue weighted by atomic mass is 10.0. The Balaban J connectivity index is 1.82. The molecule has 1 N–H and O–H groups in total. The van der Waals surface area contributed by atoms with Crippen LogP contribution in [0.15, 0.2) is 108 Å². The molecule has 0 spiro atoms. The number of unbranched alkanes of at least 4 members (excludes halogenated alkanes) is 1. The highest BCUT2D eigenvalue weighted by Crippen LogP contribution is 2.33. The van der Waals surface area contributed by atoms with Crippen LogP contribution in [-0.2, 0) is 32.6 Å². The molecule has 4 rings (SSSR count). The second-order valence-electron chi connectivity index (χ2n) is 11.0. The maximum atomic E-state index is 14.6. The van der Waals surface area contributed by atoms with Crippen molar-refractivity contribution < 1.29 is 22.7 Å². The van der Waals surface area contributed by atoms with Crippen LogP contribution in [0.25, 0.3) is 0 Å². The van der Waals surface area contributed by atoms with E-state index in [9.17, 15) is 18.0 Å². The Morgan fingerprint density at radius 1 is 0.891 bits per heavy atom. The van der Waals surface area contributed by atoms with Crippen LogP contribution in [0.1, 0.15) is 36.5 Å². The molecular weight excluding hydrogens is 622 g/mol. The minimum Gasteiger partial charge on any atom is -0.495 e. The Kier molecular flexibility index (Phi) is 12.2. The second kappa shape index (κ2) is 16.3.